The number of anilines is 1. The van der Waals surface area contributed by atoms with E-state index >= 15 is 0 Å². The molecule has 0 spiro atoms. The van der Waals surface area contributed by atoms with Crippen LogP contribution < -0.4 is 14.8 Å². The molecule has 0 bridgehead atoms. The summed E-state index contributed by atoms with van der Waals surface area (Å²) < 4.78 is 87.0. The van der Waals surface area contributed by atoms with Crippen molar-refractivity contribution in [3.63, 3.8) is 0 Å². The summed E-state index contributed by atoms with van der Waals surface area (Å²) in [7, 11) is -3.57. The monoisotopic (exact) mass is 542 g/mol. The van der Waals surface area contributed by atoms with Crippen LogP contribution in [0.15, 0.2) is 65.1 Å². The first kappa shape index (κ1) is 27.6. The highest BCUT2D eigenvalue weighted by molar-refractivity contribution is 7.92. The molecule has 2 heterocycles. The number of benzene rings is 1. The second kappa shape index (κ2) is 10.6. The molecule has 9 nitrogen and oxygen atoms in total. The third-order valence-electron chi connectivity index (χ3n) is 5.13. The molecule has 1 atom stereocenters. The SMILES string of the molecule is C=NC1=C(/C=C\C)OCC[C@]1(NC(=O)c1ccc(NS(C)(=O)=O)cn1)c1ccc(OC(F)(F)F)c(F)c1. The zero-order chi connectivity index (χ0) is 27.4. The summed E-state index contributed by atoms with van der Waals surface area (Å²) in [6, 6.07) is 5.34. The maximum atomic E-state index is 14.7. The lowest BCUT2D eigenvalue weighted by Crippen LogP contribution is -2.50. The van der Waals surface area contributed by atoms with Gasteiger partial charge in [0.05, 0.1) is 24.7 Å². The Morgan fingerprint density at radius 3 is 2.57 bits per heavy atom. The van der Waals surface area contributed by atoms with Crippen LogP contribution in [0.2, 0.25) is 0 Å². The van der Waals surface area contributed by atoms with Crippen LogP contribution in [-0.4, -0.2) is 45.3 Å². The van der Waals surface area contributed by atoms with Crippen molar-refractivity contribution in [3.05, 3.63) is 77.2 Å². The predicted molar refractivity (Wildman–Crippen MR) is 127 cm³/mol. The first-order valence-corrected chi connectivity index (χ1v) is 12.5. The van der Waals surface area contributed by atoms with Gasteiger partial charge < -0.3 is 14.8 Å². The molecule has 1 amide bonds. The summed E-state index contributed by atoms with van der Waals surface area (Å²) >= 11 is 0. The number of hydrogen-bond donors (Lipinski definition) is 2. The minimum Gasteiger partial charge on any atom is -0.491 e. The number of rotatable bonds is 8. The maximum Gasteiger partial charge on any atom is 0.573 e. The molecule has 1 aliphatic heterocycles. The van der Waals surface area contributed by atoms with Gasteiger partial charge >= 0.3 is 6.36 Å². The fraction of sp³-hybridized carbons (Fsp3) is 0.261. The molecule has 198 valence electrons. The number of aliphatic imine (C=N–C) groups is 1. The number of alkyl halides is 3. The molecule has 1 aromatic heterocycles. The van der Waals surface area contributed by atoms with Gasteiger partial charge in [-0.15, -0.1) is 13.2 Å². The van der Waals surface area contributed by atoms with Gasteiger partial charge in [-0.3, -0.25) is 14.5 Å². The summed E-state index contributed by atoms with van der Waals surface area (Å²) in [5.41, 5.74) is -1.45. The van der Waals surface area contributed by atoms with Crippen molar-refractivity contribution in [1.82, 2.24) is 10.3 Å². The van der Waals surface area contributed by atoms with Crippen LogP contribution in [0.5, 0.6) is 5.75 Å². The van der Waals surface area contributed by atoms with Gasteiger partial charge in [0.25, 0.3) is 5.91 Å². The highest BCUT2D eigenvalue weighted by Crippen LogP contribution is 2.41. The second-order valence-corrected chi connectivity index (χ2v) is 9.58. The average Bonchev–Trinajstić information content (AvgIpc) is 2.79. The minimum atomic E-state index is -5.11. The number of pyridine rings is 1. The number of ether oxygens (including phenoxy) is 2. The summed E-state index contributed by atoms with van der Waals surface area (Å²) in [5.74, 6) is -2.92. The molecule has 0 fully saturated rings. The fourth-order valence-electron chi connectivity index (χ4n) is 3.71. The Labute approximate surface area is 210 Å². The number of sulfonamides is 1. The average molecular weight is 543 g/mol. The molecule has 1 aromatic carbocycles. The molecule has 2 N–H and O–H groups in total. The van der Waals surface area contributed by atoms with Gasteiger partial charge in [0.2, 0.25) is 10.0 Å². The predicted octanol–water partition coefficient (Wildman–Crippen LogP) is 4.02. The van der Waals surface area contributed by atoms with E-state index in [0.717, 1.165) is 24.6 Å². The molecule has 37 heavy (non-hydrogen) atoms. The van der Waals surface area contributed by atoms with Crippen LogP contribution >= 0.6 is 0 Å². The van der Waals surface area contributed by atoms with Crippen molar-refractivity contribution < 1.29 is 40.2 Å². The number of aromatic nitrogens is 1. The molecule has 0 radical (unpaired) electrons. The number of halogens is 4. The van der Waals surface area contributed by atoms with Crippen LogP contribution in [0.1, 0.15) is 29.4 Å². The Bertz CT molecular complexity index is 1360. The number of nitrogens with zero attached hydrogens (tertiary/aromatic N) is 2. The number of hydrogen-bond acceptors (Lipinski definition) is 7. The first-order valence-electron chi connectivity index (χ1n) is 10.6. The molecule has 3 rings (SSSR count). The summed E-state index contributed by atoms with van der Waals surface area (Å²) in [4.78, 5) is 21.2. The molecule has 2 aromatic rings. The van der Waals surface area contributed by atoms with E-state index < -0.39 is 39.4 Å². The van der Waals surface area contributed by atoms with Gasteiger partial charge in [0, 0.05) is 6.42 Å². The third kappa shape index (κ3) is 6.64. The maximum absolute atomic E-state index is 14.7. The lowest BCUT2D eigenvalue weighted by molar-refractivity contribution is -0.275. The quantitative estimate of drug-likeness (QED) is 0.384. The number of carbonyl (C=O) groups excluding carboxylic acids is 1. The van der Waals surface area contributed by atoms with Crippen molar-refractivity contribution in [2.24, 2.45) is 4.99 Å². The van der Waals surface area contributed by atoms with Gasteiger partial charge in [-0.1, -0.05) is 12.1 Å². The largest absolute Gasteiger partial charge is 0.573 e. The molecule has 0 saturated heterocycles. The van der Waals surface area contributed by atoms with Gasteiger partial charge in [0.15, 0.2) is 11.6 Å². The van der Waals surface area contributed by atoms with Crippen LogP contribution in [0.25, 0.3) is 0 Å². The van der Waals surface area contributed by atoms with Gasteiger partial charge in [-0.25, -0.2) is 17.8 Å². The Hall–Kier alpha value is -3.94. The normalized spacial score (nSPS) is 18.3. The molecular formula is C23H22F4N4O5S. The molecule has 0 unspecified atom stereocenters. The Kier molecular flexibility index (Phi) is 7.91. The summed E-state index contributed by atoms with van der Waals surface area (Å²) in [6.45, 7) is 5.26. The number of nitrogens with one attached hydrogen (secondary N) is 2. The lowest BCUT2D eigenvalue weighted by atomic mass is 9.81. The molecule has 14 heteroatoms. The van der Waals surface area contributed by atoms with E-state index in [4.69, 9.17) is 4.74 Å². The van der Waals surface area contributed by atoms with Gasteiger partial charge in [0.1, 0.15) is 22.7 Å². The minimum absolute atomic E-state index is 0.0147. The summed E-state index contributed by atoms with van der Waals surface area (Å²) in [5, 5.41) is 2.74. The van der Waals surface area contributed by atoms with Crippen LogP contribution in [0, 0.1) is 5.82 Å². The fourth-order valence-corrected chi connectivity index (χ4v) is 4.26. The topological polar surface area (TPSA) is 119 Å². The Morgan fingerprint density at radius 2 is 2.03 bits per heavy atom. The molecule has 0 aliphatic carbocycles. The van der Waals surface area contributed by atoms with E-state index in [-0.39, 0.29) is 41.4 Å². The van der Waals surface area contributed by atoms with E-state index in [2.05, 4.69) is 31.5 Å². The zero-order valence-electron chi connectivity index (χ0n) is 19.6. The van der Waals surface area contributed by atoms with Crippen molar-refractivity contribution in [1.29, 1.82) is 0 Å². The lowest BCUT2D eigenvalue weighted by Gasteiger charge is -2.39. The van der Waals surface area contributed by atoms with Gasteiger partial charge in [-0.05, 0) is 49.5 Å². The number of carbonyl (C=O) groups is 1. The van der Waals surface area contributed by atoms with E-state index in [1.54, 1.807) is 19.1 Å². The zero-order valence-corrected chi connectivity index (χ0v) is 20.4. The standard InChI is InChI=1S/C23H22F4N4O5S/c1-4-5-19-20(28-2)22(10-11-35-19,14-6-9-18(16(24)12-14)36-23(25,26)27)30-21(32)17-8-7-15(13-29-17)31-37(3,33)34/h4-9,12-13,31H,2,10-11H2,1,3H3,(H,30,32)/b5-4-/t22-/m0/s1. The van der Waals surface area contributed by atoms with Crippen molar-refractivity contribution in [2.75, 3.05) is 17.6 Å². The van der Waals surface area contributed by atoms with E-state index in [1.165, 1.54) is 18.2 Å². The Morgan fingerprint density at radius 1 is 1.30 bits per heavy atom. The molecular weight excluding hydrogens is 520 g/mol. The van der Waals surface area contributed by atoms with Crippen LogP contribution in [-0.2, 0) is 20.3 Å². The first-order chi connectivity index (χ1) is 17.3. The van der Waals surface area contributed by atoms with E-state index in [0.29, 0.717) is 0 Å². The second-order valence-electron chi connectivity index (χ2n) is 7.83. The number of amides is 1. The van der Waals surface area contributed by atoms with Crippen molar-refractivity contribution >= 4 is 28.3 Å². The smallest absolute Gasteiger partial charge is 0.491 e. The van der Waals surface area contributed by atoms with Crippen molar-refractivity contribution in [2.45, 2.75) is 25.2 Å². The van der Waals surface area contributed by atoms with Crippen molar-refractivity contribution in [3.8, 4) is 5.75 Å². The van der Waals surface area contributed by atoms with E-state index in [9.17, 15) is 30.8 Å². The van der Waals surface area contributed by atoms with Crippen LogP contribution in [0.4, 0.5) is 23.2 Å². The highest BCUT2D eigenvalue weighted by Gasteiger charge is 2.44. The van der Waals surface area contributed by atoms with Crippen LogP contribution in [0.3, 0.4) is 0 Å². The third-order valence-corrected chi connectivity index (χ3v) is 5.73. The number of allylic oxidation sites excluding steroid dienone is 2. The molecule has 0 saturated carbocycles. The molecule has 1 aliphatic rings. The Balaban J connectivity index is 2.08. The summed E-state index contributed by atoms with van der Waals surface area (Å²) in [6.07, 6.45) is 0.165. The van der Waals surface area contributed by atoms with Gasteiger partial charge in [-0.2, -0.15) is 0 Å². The van der Waals surface area contributed by atoms with E-state index in [1.807, 2.05) is 0 Å². The highest BCUT2D eigenvalue weighted by atomic mass is 32.2.